The van der Waals surface area contributed by atoms with Crippen molar-refractivity contribution < 1.29 is 0 Å². The predicted molar refractivity (Wildman–Crippen MR) is 107 cm³/mol. The monoisotopic (exact) mass is 401 g/mol. The lowest BCUT2D eigenvalue weighted by Gasteiger charge is -2.32. The van der Waals surface area contributed by atoms with E-state index in [2.05, 4.69) is 28.4 Å². The van der Waals surface area contributed by atoms with Gasteiger partial charge in [0.2, 0.25) is 0 Å². The van der Waals surface area contributed by atoms with Crippen LogP contribution in [0.1, 0.15) is 59.7 Å². The second-order valence-electron chi connectivity index (χ2n) is 6.95. The van der Waals surface area contributed by atoms with Gasteiger partial charge in [0.15, 0.2) is 0 Å². The van der Waals surface area contributed by atoms with Crippen molar-refractivity contribution in [2.75, 3.05) is 11.9 Å². The van der Waals surface area contributed by atoms with Crippen LogP contribution in [0.4, 0.5) is 5.82 Å². The summed E-state index contributed by atoms with van der Waals surface area (Å²) in [6, 6.07) is 2.50. The van der Waals surface area contributed by atoms with Gasteiger partial charge in [0.1, 0.15) is 16.6 Å². The molecule has 0 bridgehead atoms. The third kappa shape index (κ3) is 4.61. The molecular formula is C17H25Cl2N5S. The minimum Gasteiger partial charge on any atom is -0.353 e. The summed E-state index contributed by atoms with van der Waals surface area (Å²) in [4.78, 5) is 16.4. The highest BCUT2D eigenvalue weighted by Crippen LogP contribution is 2.41. The SMILES string of the molecule is Cc1csc(CN(C)c2cc(C3CC(N)C3)nc(C3CC3)n2)n1.Cl.Cl. The van der Waals surface area contributed by atoms with E-state index in [0.717, 1.165) is 41.7 Å². The first-order valence-electron chi connectivity index (χ1n) is 8.35. The number of rotatable bonds is 5. The van der Waals surface area contributed by atoms with Crippen LogP contribution in [-0.4, -0.2) is 28.0 Å². The van der Waals surface area contributed by atoms with Crippen LogP contribution < -0.4 is 10.6 Å². The average molecular weight is 402 g/mol. The van der Waals surface area contributed by atoms with Crippen molar-refractivity contribution in [3.05, 3.63) is 33.7 Å². The summed E-state index contributed by atoms with van der Waals surface area (Å²) in [5.74, 6) is 3.13. The molecule has 2 aliphatic rings. The predicted octanol–water partition coefficient (Wildman–Crippen LogP) is 3.80. The lowest BCUT2D eigenvalue weighted by Crippen LogP contribution is -2.35. The van der Waals surface area contributed by atoms with E-state index in [4.69, 9.17) is 15.7 Å². The van der Waals surface area contributed by atoms with Gasteiger partial charge in [-0.25, -0.2) is 15.0 Å². The van der Waals surface area contributed by atoms with Crippen molar-refractivity contribution in [2.45, 2.75) is 57.0 Å². The maximum atomic E-state index is 5.96. The summed E-state index contributed by atoms with van der Waals surface area (Å²) in [6.45, 7) is 2.83. The third-order valence-electron chi connectivity index (χ3n) is 4.72. The van der Waals surface area contributed by atoms with E-state index in [1.54, 1.807) is 11.3 Å². The summed E-state index contributed by atoms with van der Waals surface area (Å²) >= 11 is 1.71. The fourth-order valence-corrected chi connectivity index (χ4v) is 3.89. The van der Waals surface area contributed by atoms with Crippen LogP contribution in [0.3, 0.4) is 0 Å². The van der Waals surface area contributed by atoms with Crippen LogP contribution >= 0.6 is 36.2 Å². The fraction of sp³-hybridized carbons (Fsp3) is 0.588. The first-order valence-corrected chi connectivity index (χ1v) is 9.23. The number of nitrogens with zero attached hydrogens (tertiary/aromatic N) is 4. The normalized spacial score (nSPS) is 21.7. The van der Waals surface area contributed by atoms with Crippen LogP contribution in [0.5, 0.6) is 0 Å². The smallest absolute Gasteiger partial charge is 0.134 e. The molecular weight excluding hydrogens is 377 g/mol. The lowest BCUT2D eigenvalue weighted by molar-refractivity contribution is 0.344. The topological polar surface area (TPSA) is 67.9 Å². The molecule has 0 spiro atoms. The van der Waals surface area contributed by atoms with Crippen molar-refractivity contribution in [3.63, 3.8) is 0 Å². The van der Waals surface area contributed by atoms with Crippen LogP contribution in [0.25, 0.3) is 0 Å². The minimum absolute atomic E-state index is 0. The first-order chi connectivity index (χ1) is 11.1. The summed E-state index contributed by atoms with van der Waals surface area (Å²) < 4.78 is 0. The molecule has 2 saturated carbocycles. The van der Waals surface area contributed by atoms with Crippen molar-refractivity contribution >= 4 is 42.0 Å². The largest absolute Gasteiger partial charge is 0.353 e. The Kier molecular flexibility index (Phi) is 6.65. The van der Waals surface area contributed by atoms with Gasteiger partial charge in [0.25, 0.3) is 0 Å². The number of aryl methyl sites for hydroxylation is 1. The molecule has 0 unspecified atom stereocenters. The van der Waals surface area contributed by atoms with E-state index in [1.807, 2.05) is 6.92 Å². The second-order valence-corrected chi connectivity index (χ2v) is 7.89. The van der Waals surface area contributed by atoms with Gasteiger partial charge in [0.05, 0.1) is 6.54 Å². The zero-order valence-electron chi connectivity index (χ0n) is 14.5. The Morgan fingerprint density at radius 3 is 2.44 bits per heavy atom. The number of hydrogen-bond acceptors (Lipinski definition) is 6. The first kappa shape index (κ1) is 20.4. The van der Waals surface area contributed by atoms with Crippen molar-refractivity contribution in [2.24, 2.45) is 5.73 Å². The van der Waals surface area contributed by atoms with Gasteiger partial charge in [-0.1, -0.05) is 0 Å². The molecule has 8 heteroatoms. The van der Waals surface area contributed by atoms with E-state index in [1.165, 1.54) is 18.5 Å². The molecule has 2 N–H and O–H groups in total. The van der Waals surface area contributed by atoms with E-state index >= 15 is 0 Å². The van der Waals surface area contributed by atoms with E-state index in [9.17, 15) is 0 Å². The molecule has 2 aromatic heterocycles. The molecule has 0 saturated heterocycles. The Balaban J connectivity index is 0.00000113. The number of hydrogen-bond donors (Lipinski definition) is 1. The Morgan fingerprint density at radius 2 is 1.88 bits per heavy atom. The molecule has 4 rings (SSSR count). The molecule has 0 aliphatic heterocycles. The van der Waals surface area contributed by atoms with Crippen molar-refractivity contribution in [3.8, 4) is 0 Å². The lowest BCUT2D eigenvalue weighted by atomic mass is 9.78. The molecule has 2 aliphatic carbocycles. The van der Waals surface area contributed by atoms with Crippen LogP contribution in [0, 0.1) is 6.92 Å². The van der Waals surface area contributed by atoms with Gasteiger partial charge in [0, 0.05) is 47.8 Å². The quantitative estimate of drug-likeness (QED) is 0.824. The van der Waals surface area contributed by atoms with Crippen molar-refractivity contribution in [1.82, 2.24) is 15.0 Å². The molecule has 0 atom stereocenters. The average Bonchev–Trinajstić information content (AvgIpc) is 3.27. The highest BCUT2D eigenvalue weighted by molar-refractivity contribution is 7.09. The van der Waals surface area contributed by atoms with Crippen molar-refractivity contribution in [1.29, 1.82) is 0 Å². The second kappa shape index (κ2) is 8.16. The highest BCUT2D eigenvalue weighted by Gasteiger charge is 2.32. The molecule has 2 heterocycles. The van der Waals surface area contributed by atoms with Gasteiger partial charge in [-0.05, 0) is 32.6 Å². The Labute approximate surface area is 165 Å². The molecule has 138 valence electrons. The fourth-order valence-electron chi connectivity index (χ4n) is 3.06. The van der Waals surface area contributed by atoms with Crippen LogP contribution in [0.2, 0.25) is 0 Å². The van der Waals surface area contributed by atoms with Gasteiger partial charge in [-0.15, -0.1) is 36.2 Å². The summed E-state index contributed by atoms with van der Waals surface area (Å²) in [7, 11) is 2.09. The molecule has 5 nitrogen and oxygen atoms in total. The molecule has 0 aromatic carbocycles. The molecule has 2 aromatic rings. The van der Waals surface area contributed by atoms with Gasteiger partial charge in [-0.2, -0.15) is 0 Å². The Morgan fingerprint density at radius 1 is 1.16 bits per heavy atom. The summed E-state index contributed by atoms with van der Waals surface area (Å²) in [6.07, 6.45) is 4.55. The molecule has 0 radical (unpaired) electrons. The van der Waals surface area contributed by atoms with E-state index < -0.39 is 0 Å². The highest BCUT2D eigenvalue weighted by atomic mass is 35.5. The molecule has 25 heavy (non-hydrogen) atoms. The van der Waals surface area contributed by atoms with Gasteiger partial charge >= 0.3 is 0 Å². The summed E-state index contributed by atoms with van der Waals surface area (Å²) in [5, 5.41) is 3.23. The third-order valence-corrected chi connectivity index (χ3v) is 5.67. The minimum atomic E-state index is 0. The number of thiazole rings is 1. The maximum absolute atomic E-state index is 5.96. The molecule has 2 fully saturated rings. The van der Waals surface area contributed by atoms with E-state index in [0.29, 0.717) is 17.9 Å². The zero-order chi connectivity index (χ0) is 16.0. The van der Waals surface area contributed by atoms with E-state index in [-0.39, 0.29) is 24.8 Å². The maximum Gasteiger partial charge on any atom is 0.134 e. The standard InChI is InChI=1S/C17H23N5S.2ClH/c1-10-9-23-16(19-10)8-22(2)15-7-14(12-5-13(18)6-12)20-17(21-15)11-3-4-11;;/h7,9,11-13H,3-6,8,18H2,1-2H3;2*1H. The van der Waals surface area contributed by atoms with Crippen LogP contribution in [-0.2, 0) is 6.54 Å². The Bertz CT molecular complexity index is 713. The molecule has 0 amide bonds. The van der Waals surface area contributed by atoms with Crippen LogP contribution in [0.15, 0.2) is 11.4 Å². The number of anilines is 1. The van der Waals surface area contributed by atoms with Gasteiger partial charge < -0.3 is 10.6 Å². The van der Waals surface area contributed by atoms with Gasteiger partial charge in [-0.3, -0.25) is 0 Å². The zero-order valence-corrected chi connectivity index (χ0v) is 17.0. The number of aromatic nitrogens is 3. The Hall–Kier alpha value is -0.950. The number of halogens is 2. The number of nitrogens with two attached hydrogens (primary N) is 1. The summed E-state index contributed by atoms with van der Waals surface area (Å²) in [5.41, 5.74) is 8.23.